The van der Waals surface area contributed by atoms with Crippen molar-refractivity contribution >= 4 is 18.4 Å². The quantitative estimate of drug-likeness (QED) is 0.687. The van der Waals surface area contributed by atoms with Gasteiger partial charge >= 0.3 is 5.97 Å². The van der Waals surface area contributed by atoms with Gasteiger partial charge in [-0.1, -0.05) is 20.3 Å². The molecular weight excluding hydrogens is 166 g/mol. The monoisotopic (exact) mass is 181 g/mol. The Hall–Kier alpha value is -0.280. The summed E-state index contributed by atoms with van der Waals surface area (Å²) in [5.41, 5.74) is 5.55. The predicted molar refractivity (Wildman–Crippen MR) is 46.9 cm³/mol. The molecule has 0 amide bonds. The molecule has 0 bridgehead atoms. The van der Waals surface area contributed by atoms with Crippen LogP contribution in [0.3, 0.4) is 0 Å². The highest BCUT2D eigenvalue weighted by Crippen LogP contribution is 2.07. The van der Waals surface area contributed by atoms with Crippen LogP contribution >= 0.6 is 12.4 Å². The number of rotatable bonds is 4. The number of carboxylic acid groups (broad SMARTS) is 1. The van der Waals surface area contributed by atoms with E-state index in [-0.39, 0.29) is 24.9 Å². The molecule has 3 nitrogen and oxygen atoms in total. The van der Waals surface area contributed by atoms with Gasteiger partial charge in [-0.25, -0.2) is 0 Å². The van der Waals surface area contributed by atoms with Crippen LogP contribution < -0.4 is 5.73 Å². The Bertz CT molecular complexity index is 119. The molecule has 0 fully saturated rings. The maximum atomic E-state index is 10.2. The zero-order chi connectivity index (χ0) is 8.15. The van der Waals surface area contributed by atoms with E-state index >= 15 is 0 Å². The molecule has 0 saturated heterocycles. The third kappa shape index (κ3) is 6.13. The van der Waals surface area contributed by atoms with Crippen molar-refractivity contribution in [2.75, 3.05) is 0 Å². The van der Waals surface area contributed by atoms with E-state index in [0.717, 1.165) is 6.42 Å². The van der Waals surface area contributed by atoms with Gasteiger partial charge in [0.2, 0.25) is 0 Å². The lowest BCUT2D eigenvalue weighted by molar-refractivity contribution is -0.137. The first-order valence-corrected chi connectivity index (χ1v) is 3.55. The zero-order valence-corrected chi connectivity index (χ0v) is 7.73. The minimum Gasteiger partial charge on any atom is -0.481 e. The Morgan fingerprint density at radius 2 is 2.09 bits per heavy atom. The number of carboxylic acids is 1. The van der Waals surface area contributed by atoms with Gasteiger partial charge in [0.15, 0.2) is 0 Å². The first kappa shape index (κ1) is 13.3. The molecular formula is C7H16ClNO2. The first-order valence-electron chi connectivity index (χ1n) is 3.55. The smallest absolute Gasteiger partial charge is 0.304 e. The van der Waals surface area contributed by atoms with Gasteiger partial charge in [-0.05, 0) is 5.92 Å². The van der Waals surface area contributed by atoms with Crippen molar-refractivity contribution in [1.29, 1.82) is 0 Å². The number of aliphatic carboxylic acids is 1. The Labute approximate surface area is 73.4 Å². The van der Waals surface area contributed by atoms with E-state index in [4.69, 9.17) is 10.8 Å². The molecule has 0 aliphatic heterocycles. The van der Waals surface area contributed by atoms with Gasteiger partial charge in [0.1, 0.15) is 0 Å². The van der Waals surface area contributed by atoms with Crippen LogP contribution in [-0.2, 0) is 4.79 Å². The average molecular weight is 182 g/mol. The average Bonchev–Trinajstić information content (AvgIpc) is 1.85. The van der Waals surface area contributed by atoms with Crippen molar-refractivity contribution in [3.63, 3.8) is 0 Å². The van der Waals surface area contributed by atoms with E-state index in [1.165, 1.54) is 0 Å². The Morgan fingerprint density at radius 1 is 1.64 bits per heavy atom. The number of halogens is 1. The van der Waals surface area contributed by atoms with Crippen LogP contribution in [0.2, 0.25) is 0 Å². The summed E-state index contributed by atoms with van der Waals surface area (Å²) in [6.45, 7) is 3.97. The summed E-state index contributed by atoms with van der Waals surface area (Å²) in [7, 11) is 0. The Kier molecular flexibility index (Phi) is 7.79. The summed E-state index contributed by atoms with van der Waals surface area (Å²) in [4.78, 5) is 10.2. The van der Waals surface area contributed by atoms with Crippen molar-refractivity contribution in [3.8, 4) is 0 Å². The SMILES string of the molecule is CCC(C)[C@H](N)CC(=O)O.Cl. The standard InChI is InChI=1S/C7H15NO2.ClH/c1-3-5(2)6(8)4-7(9)10;/h5-6H,3-4,8H2,1-2H3,(H,9,10);1H/t5?,6-;/m1./s1. The van der Waals surface area contributed by atoms with Gasteiger partial charge in [0.25, 0.3) is 0 Å². The molecule has 0 rings (SSSR count). The van der Waals surface area contributed by atoms with Gasteiger partial charge < -0.3 is 10.8 Å². The van der Waals surface area contributed by atoms with Crippen molar-refractivity contribution < 1.29 is 9.90 Å². The fourth-order valence-electron chi connectivity index (χ4n) is 0.706. The molecule has 4 heteroatoms. The molecule has 0 aliphatic rings. The predicted octanol–water partition coefficient (Wildman–Crippen LogP) is 1.26. The van der Waals surface area contributed by atoms with E-state index < -0.39 is 5.97 Å². The fourth-order valence-corrected chi connectivity index (χ4v) is 0.706. The van der Waals surface area contributed by atoms with E-state index in [2.05, 4.69) is 0 Å². The highest BCUT2D eigenvalue weighted by molar-refractivity contribution is 5.85. The minimum absolute atomic E-state index is 0. The lowest BCUT2D eigenvalue weighted by Gasteiger charge is -2.15. The summed E-state index contributed by atoms with van der Waals surface area (Å²) in [5, 5.41) is 8.35. The van der Waals surface area contributed by atoms with Crippen LogP contribution in [0.5, 0.6) is 0 Å². The van der Waals surface area contributed by atoms with Crippen molar-refractivity contribution in [2.24, 2.45) is 11.7 Å². The molecule has 0 radical (unpaired) electrons. The molecule has 0 aromatic heterocycles. The maximum absolute atomic E-state index is 10.2. The van der Waals surface area contributed by atoms with Crippen LogP contribution in [0.15, 0.2) is 0 Å². The molecule has 2 atom stereocenters. The third-order valence-corrected chi connectivity index (χ3v) is 1.79. The van der Waals surface area contributed by atoms with Gasteiger partial charge in [-0.3, -0.25) is 4.79 Å². The van der Waals surface area contributed by atoms with Crippen LogP contribution in [0, 0.1) is 5.92 Å². The zero-order valence-electron chi connectivity index (χ0n) is 6.91. The number of hydrogen-bond donors (Lipinski definition) is 2. The number of carbonyl (C=O) groups is 1. The second-order valence-electron chi connectivity index (χ2n) is 2.65. The highest BCUT2D eigenvalue weighted by atomic mass is 35.5. The largest absolute Gasteiger partial charge is 0.481 e. The molecule has 68 valence electrons. The van der Waals surface area contributed by atoms with Gasteiger partial charge in [0.05, 0.1) is 6.42 Å². The van der Waals surface area contributed by atoms with Crippen LogP contribution in [0.1, 0.15) is 26.7 Å². The molecule has 0 aromatic carbocycles. The fraction of sp³-hybridized carbons (Fsp3) is 0.857. The second-order valence-corrected chi connectivity index (χ2v) is 2.65. The summed E-state index contributed by atoms with van der Waals surface area (Å²) in [6, 6.07) is -0.192. The van der Waals surface area contributed by atoms with Crippen LogP contribution in [0.25, 0.3) is 0 Å². The molecule has 0 aliphatic carbocycles. The van der Waals surface area contributed by atoms with E-state index in [9.17, 15) is 4.79 Å². The normalized spacial score (nSPS) is 14.8. The number of hydrogen-bond acceptors (Lipinski definition) is 2. The molecule has 1 unspecified atom stereocenters. The molecule has 3 N–H and O–H groups in total. The van der Waals surface area contributed by atoms with Crippen molar-refractivity contribution in [3.05, 3.63) is 0 Å². The lowest BCUT2D eigenvalue weighted by Crippen LogP contribution is -2.30. The molecule has 0 heterocycles. The van der Waals surface area contributed by atoms with E-state index in [1.807, 2.05) is 13.8 Å². The highest BCUT2D eigenvalue weighted by Gasteiger charge is 2.13. The molecule has 0 saturated carbocycles. The molecule has 11 heavy (non-hydrogen) atoms. The summed E-state index contributed by atoms with van der Waals surface area (Å²) in [5.74, 6) is -0.510. The van der Waals surface area contributed by atoms with Gasteiger partial charge in [-0.2, -0.15) is 0 Å². The third-order valence-electron chi connectivity index (χ3n) is 1.79. The first-order chi connectivity index (χ1) is 4.57. The molecule has 0 spiro atoms. The van der Waals surface area contributed by atoms with Crippen molar-refractivity contribution in [1.82, 2.24) is 0 Å². The van der Waals surface area contributed by atoms with E-state index in [0.29, 0.717) is 5.92 Å². The Morgan fingerprint density at radius 3 is 2.36 bits per heavy atom. The lowest BCUT2D eigenvalue weighted by atomic mass is 9.98. The van der Waals surface area contributed by atoms with Gasteiger partial charge in [-0.15, -0.1) is 12.4 Å². The van der Waals surface area contributed by atoms with Gasteiger partial charge in [0, 0.05) is 6.04 Å². The summed E-state index contributed by atoms with van der Waals surface area (Å²) in [6.07, 6.45) is 1.02. The van der Waals surface area contributed by atoms with Crippen molar-refractivity contribution in [2.45, 2.75) is 32.7 Å². The minimum atomic E-state index is -0.812. The van der Waals surface area contributed by atoms with E-state index in [1.54, 1.807) is 0 Å². The topological polar surface area (TPSA) is 63.3 Å². The summed E-state index contributed by atoms with van der Waals surface area (Å²) >= 11 is 0. The number of nitrogens with two attached hydrogens (primary N) is 1. The van der Waals surface area contributed by atoms with Crippen LogP contribution in [-0.4, -0.2) is 17.1 Å². The maximum Gasteiger partial charge on any atom is 0.304 e. The molecule has 0 aromatic rings. The Balaban J connectivity index is 0. The second kappa shape index (κ2) is 6.43. The van der Waals surface area contributed by atoms with Crippen LogP contribution in [0.4, 0.5) is 0 Å². The summed E-state index contributed by atoms with van der Waals surface area (Å²) < 4.78 is 0.